The number of fused-ring (bicyclic) bond motifs is 2. The minimum Gasteiger partial charge on any atom is -0.496 e. The summed E-state index contributed by atoms with van der Waals surface area (Å²) in [4.78, 5) is 33.3. The molecule has 3 heterocycles. The summed E-state index contributed by atoms with van der Waals surface area (Å²) in [5.41, 5.74) is 4.29. The molecule has 10 heteroatoms. The third-order valence-corrected chi connectivity index (χ3v) is 9.22. The standard InChI is InChI=1S/C35H31Cl2N3O4S/c1-4-8-27-31(34(42)44-5-2)32(26-18-24(37)15-16-29(26)43-3)40-33(41)30(45-35(40)38-27)17-22-20-39(28-10-7-6-9-25(22)28)19-21-11-13-23(36)14-12-21/h6-7,9-18,20,32H,4-5,8,19H2,1-3H3/b30-17+/t32-/m0/s1. The monoisotopic (exact) mass is 659 g/mol. The van der Waals surface area contributed by atoms with Crippen molar-refractivity contribution >= 4 is 57.5 Å². The van der Waals surface area contributed by atoms with Gasteiger partial charge >= 0.3 is 5.97 Å². The molecule has 6 rings (SSSR count). The van der Waals surface area contributed by atoms with Gasteiger partial charge in [0.05, 0.1) is 29.5 Å². The number of thiazole rings is 1. The van der Waals surface area contributed by atoms with Gasteiger partial charge in [0.2, 0.25) is 0 Å². The summed E-state index contributed by atoms with van der Waals surface area (Å²) in [6.07, 6.45) is 5.26. The number of hydrogen-bond acceptors (Lipinski definition) is 6. The number of methoxy groups -OCH3 is 1. The Bertz CT molecular complexity index is 2130. The van der Waals surface area contributed by atoms with E-state index in [0.717, 1.165) is 28.5 Å². The number of ether oxygens (including phenoxy) is 2. The lowest BCUT2D eigenvalue weighted by atomic mass is 9.93. The van der Waals surface area contributed by atoms with E-state index in [1.165, 1.54) is 11.3 Å². The van der Waals surface area contributed by atoms with Crippen LogP contribution in [0.25, 0.3) is 17.0 Å². The molecule has 45 heavy (non-hydrogen) atoms. The van der Waals surface area contributed by atoms with Crippen molar-refractivity contribution in [3.8, 4) is 5.75 Å². The Morgan fingerprint density at radius 1 is 1.04 bits per heavy atom. The van der Waals surface area contributed by atoms with Crippen molar-refractivity contribution in [1.82, 2.24) is 9.13 Å². The Morgan fingerprint density at radius 2 is 1.80 bits per heavy atom. The van der Waals surface area contributed by atoms with Crippen LogP contribution in [0.1, 0.15) is 49.4 Å². The lowest BCUT2D eigenvalue weighted by Gasteiger charge is -2.27. The number of halogens is 2. The molecule has 0 aliphatic carbocycles. The summed E-state index contributed by atoms with van der Waals surface area (Å²) in [5.74, 6) is -0.0138. The molecule has 0 saturated heterocycles. The van der Waals surface area contributed by atoms with Gasteiger partial charge < -0.3 is 14.0 Å². The average Bonchev–Trinajstić information content (AvgIpc) is 3.54. The van der Waals surface area contributed by atoms with Crippen molar-refractivity contribution in [3.05, 3.63) is 131 Å². The fourth-order valence-corrected chi connectivity index (χ4v) is 7.10. The maximum Gasteiger partial charge on any atom is 0.338 e. The lowest BCUT2D eigenvalue weighted by Crippen LogP contribution is -2.40. The third-order valence-electron chi connectivity index (χ3n) is 7.75. The van der Waals surface area contributed by atoms with Gasteiger partial charge in [0.1, 0.15) is 11.8 Å². The molecule has 0 fully saturated rings. The zero-order valence-electron chi connectivity index (χ0n) is 25.1. The second-order valence-electron chi connectivity index (χ2n) is 10.7. The van der Waals surface area contributed by atoms with E-state index in [9.17, 15) is 9.59 Å². The molecule has 5 aromatic rings. The van der Waals surface area contributed by atoms with Crippen molar-refractivity contribution in [2.75, 3.05) is 13.7 Å². The Kier molecular flexibility index (Phi) is 8.99. The highest BCUT2D eigenvalue weighted by Gasteiger charge is 2.36. The summed E-state index contributed by atoms with van der Waals surface area (Å²) in [6, 6.07) is 20.3. The van der Waals surface area contributed by atoms with Crippen molar-refractivity contribution in [2.45, 2.75) is 39.3 Å². The first kappa shape index (κ1) is 30.9. The fourth-order valence-electron chi connectivity index (χ4n) is 5.78. The predicted molar refractivity (Wildman–Crippen MR) is 180 cm³/mol. The minimum atomic E-state index is -0.830. The molecule has 0 radical (unpaired) electrons. The van der Waals surface area contributed by atoms with Crippen LogP contribution in [0.4, 0.5) is 0 Å². The van der Waals surface area contributed by atoms with Gasteiger partial charge in [-0.05, 0) is 61.4 Å². The molecule has 0 N–H and O–H groups in total. The minimum absolute atomic E-state index is 0.186. The number of carbonyl (C=O) groups excluding carboxylic acids is 1. The quantitative estimate of drug-likeness (QED) is 0.161. The molecule has 0 amide bonds. The molecule has 0 saturated carbocycles. The zero-order chi connectivity index (χ0) is 31.7. The average molecular weight is 661 g/mol. The van der Waals surface area contributed by atoms with E-state index in [0.29, 0.717) is 54.9 Å². The summed E-state index contributed by atoms with van der Waals surface area (Å²) in [7, 11) is 1.55. The Morgan fingerprint density at radius 3 is 2.53 bits per heavy atom. The van der Waals surface area contributed by atoms with E-state index in [1.807, 2.05) is 49.4 Å². The largest absolute Gasteiger partial charge is 0.496 e. The number of hydrogen-bond donors (Lipinski definition) is 0. The van der Waals surface area contributed by atoms with E-state index in [4.69, 9.17) is 37.7 Å². The first-order chi connectivity index (χ1) is 21.8. The second-order valence-corrected chi connectivity index (χ2v) is 12.5. The summed E-state index contributed by atoms with van der Waals surface area (Å²) in [6.45, 7) is 4.61. The number of para-hydroxylation sites is 1. The molecule has 0 bridgehead atoms. The van der Waals surface area contributed by atoms with Crippen LogP contribution in [0, 0.1) is 0 Å². The molecule has 3 aromatic carbocycles. The topological polar surface area (TPSA) is 74.8 Å². The molecule has 2 aromatic heterocycles. The number of benzene rings is 3. The SMILES string of the molecule is CCCC1=C(C(=O)OCC)[C@H](c2cc(Cl)ccc2OC)n2c(s/c(=C/c3cn(Cc4ccc(Cl)cc4)c4ccccc34)c2=O)=N1. The number of esters is 1. The highest BCUT2D eigenvalue weighted by molar-refractivity contribution is 7.07. The number of rotatable bonds is 9. The van der Waals surface area contributed by atoms with Gasteiger partial charge in [-0.3, -0.25) is 9.36 Å². The van der Waals surface area contributed by atoms with E-state index in [-0.39, 0.29) is 12.2 Å². The van der Waals surface area contributed by atoms with Crippen LogP contribution >= 0.6 is 34.5 Å². The van der Waals surface area contributed by atoms with Gasteiger partial charge in [0.25, 0.3) is 5.56 Å². The van der Waals surface area contributed by atoms with Crippen molar-refractivity contribution in [3.63, 3.8) is 0 Å². The highest BCUT2D eigenvalue weighted by Crippen LogP contribution is 2.38. The van der Waals surface area contributed by atoms with Crippen LogP contribution in [0.2, 0.25) is 10.0 Å². The van der Waals surface area contributed by atoms with Gasteiger partial charge in [0, 0.05) is 44.8 Å². The molecular formula is C35H31Cl2N3O4S. The van der Waals surface area contributed by atoms with Gasteiger partial charge in [-0.1, -0.05) is 78.2 Å². The highest BCUT2D eigenvalue weighted by atomic mass is 35.5. The van der Waals surface area contributed by atoms with Gasteiger partial charge in [-0.25, -0.2) is 9.79 Å². The smallest absolute Gasteiger partial charge is 0.338 e. The molecular weight excluding hydrogens is 629 g/mol. The van der Waals surface area contributed by atoms with Gasteiger partial charge in [0.15, 0.2) is 4.80 Å². The van der Waals surface area contributed by atoms with Gasteiger partial charge in [-0.15, -0.1) is 0 Å². The predicted octanol–water partition coefficient (Wildman–Crippen LogP) is 6.90. The number of aromatic nitrogens is 2. The zero-order valence-corrected chi connectivity index (χ0v) is 27.4. The fraction of sp³-hybridized carbons (Fsp3) is 0.229. The molecule has 0 unspecified atom stereocenters. The molecule has 1 atom stereocenters. The maximum atomic E-state index is 14.4. The van der Waals surface area contributed by atoms with Crippen LogP contribution in [0.3, 0.4) is 0 Å². The first-order valence-corrected chi connectivity index (χ1v) is 16.3. The van der Waals surface area contributed by atoms with E-state index < -0.39 is 12.0 Å². The molecule has 1 aliphatic rings. The lowest BCUT2D eigenvalue weighted by molar-refractivity contribution is -0.139. The Hall–Kier alpha value is -4.11. The van der Waals surface area contributed by atoms with Crippen LogP contribution in [-0.2, 0) is 16.1 Å². The third kappa shape index (κ3) is 5.98. The van der Waals surface area contributed by atoms with Crippen LogP contribution in [0.15, 0.2) is 94.0 Å². The van der Waals surface area contributed by atoms with Crippen LogP contribution < -0.4 is 19.6 Å². The van der Waals surface area contributed by atoms with Crippen LogP contribution in [-0.4, -0.2) is 28.8 Å². The van der Waals surface area contributed by atoms with Gasteiger partial charge in [-0.2, -0.15) is 0 Å². The Balaban J connectivity index is 1.56. The molecule has 1 aliphatic heterocycles. The summed E-state index contributed by atoms with van der Waals surface area (Å²) < 4.78 is 15.5. The summed E-state index contributed by atoms with van der Waals surface area (Å²) in [5, 5.41) is 2.16. The second kappa shape index (κ2) is 13.1. The maximum absolute atomic E-state index is 14.4. The molecule has 0 spiro atoms. The number of nitrogens with zero attached hydrogens (tertiary/aromatic N) is 3. The van der Waals surface area contributed by atoms with Crippen LogP contribution in [0.5, 0.6) is 5.75 Å². The normalized spacial score (nSPS) is 14.9. The summed E-state index contributed by atoms with van der Waals surface area (Å²) >= 11 is 13.9. The first-order valence-electron chi connectivity index (χ1n) is 14.7. The van der Waals surface area contributed by atoms with Crippen molar-refractivity contribution in [2.24, 2.45) is 4.99 Å². The Labute approximate surface area is 274 Å². The van der Waals surface area contributed by atoms with E-state index >= 15 is 0 Å². The van der Waals surface area contributed by atoms with E-state index in [2.05, 4.69) is 22.9 Å². The van der Waals surface area contributed by atoms with Crippen molar-refractivity contribution in [1.29, 1.82) is 0 Å². The molecule has 230 valence electrons. The molecule has 7 nitrogen and oxygen atoms in total. The number of carbonyl (C=O) groups is 1. The van der Waals surface area contributed by atoms with Crippen molar-refractivity contribution < 1.29 is 14.3 Å². The number of allylic oxidation sites excluding steroid dienone is 1. The van der Waals surface area contributed by atoms with E-state index in [1.54, 1.807) is 36.8 Å².